The maximum absolute atomic E-state index is 11.3. The van der Waals surface area contributed by atoms with E-state index in [0.29, 0.717) is 22.5 Å². The molecule has 1 heteroatoms. The summed E-state index contributed by atoms with van der Waals surface area (Å²) in [7, 11) is 0. The van der Waals surface area contributed by atoms with Gasteiger partial charge in [0.2, 0.25) is 0 Å². The van der Waals surface area contributed by atoms with Crippen LogP contribution in [0, 0.1) is 16.7 Å². The highest BCUT2D eigenvalue weighted by Gasteiger charge is 2.49. The van der Waals surface area contributed by atoms with Gasteiger partial charge >= 0.3 is 0 Å². The first-order valence-corrected chi connectivity index (χ1v) is 5.16. The highest BCUT2D eigenvalue weighted by Crippen LogP contribution is 2.57. The predicted octanol–water partition coefficient (Wildman–Crippen LogP) is 2.96. The van der Waals surface area contributed by atoms with Crippen molar-refractivity contribution in [1.29, 1.82) is 0 Å². The SMILES string of the molecule is CC1(C)CCC2(C)C=CC(=O)CC12. The average Bonchev–Trinajstić information content (AvgIpc) is 2.28. The first-order chi connectivity index (χ1) is 5.94. The molecule has 0 heterocycles. The molecule has 2 aliphatic carbocycles. The minimum atomic E-state index is 0.303. The van der Waals surface area contributed by atoms with Crippen molar-refractivity contribution in [3.63, 3.8) is 0 Å². The lowest BCUT2D eigenvalue weighted by Gasteiger charge is -2.37. The van der Waals surface area contributed by atoms with Gasteiger partial charge in [-0.25, -0.2) is 0 Å². The number of carbonyl (C=O) groups is 1. The molecule has 1 fully saturated rings. The van der Waals surface area contributed by atoms with E-state index in [-0.39, 0.29) is 0 Å². The van der Waals surface area contributed by atoms with Crippen LogP contribution in [0.15, 0.2) is 12.2 Å². The molecular formula is C12H18O. The molecule has 0 saturated heterocycles. The molecule has 0 spiro atoms. The molecule has 0 radical (unpaired) electrons. The van der Waals surface area contributed by atoms with Crippen LogP contribution >= 0.6 is 0 Å². The van der Waals surface area contributed by atoms with E-state index in [9.17, 15) is 4.79 Å². The van der Waals surface area contributed by atoms with E-state index in [1.54, 1.807) is 6.08 Å². The fourth-order valence-corrected chi connectivity index (χ4v) is 3.09. The summed E-state index contributed by atoms with van der Waals surface area (Å²) in [6, 6.07) is 0. The lowest BCUT2D eigenvalue weighted by atomic mass is 9.66. The number of ketones is 1. The molecule has 1 saturated carbocycles. The number of hydrogen-bond acceptors (Lipinski definition) is 1. The Labute approximate surface area is 80.2 Å². The molecule has 0 aromatic carbocycles. The summed E-state index contributed by atoms with van der Waals surface area (Å²) >= 11 is 0. The van der Waals surface area contributed by atoms with Gasteiger partial charge in [0.15, 0.2) is 5.78 Å². The molecule has 72 valence electrons. The molecule has 0 amide bonds. The summed E-state index contributed by atoms with van der Waals surface area (Å²) in [5, 5.41) is 0. The summed E-state index contributed by atoms with van der Waals surface area (Å²) in [5.74, 6) is 0.884. The number of allylic oxidation sites excluding steroid dienone is 2. The van der Waals surface area contributed by atoms with E-state index < -0.39 is 0 Å². The van der Waals surface area contributed by atoms with Crippen LogP contribution in [0.4, 0.5) is 0 Å². The minimum Gasteiger partial charge on any atom is -0.295 e. The molecule has 0 bridgehead atoms. The van der Waals surface area contributed by atoms with Gasteiger partial charge in [0.05, 0.1) is 0 Å². The van der Waals surface area contributed by atoms with Gasteiger partial charge in [-0.1, -0.05) is 26.8 Å². The van der Waals surface area contributed by atoms with Crippen LogP contribution in [0.5, 0.6) is 0 Å². The first-order valence-electron chi connectivity index (χ1n) is 5.16. The van der Waals surface area contributed by atoms with Gasteiger partial charge < -0.3 is 0 Å². The third kappa shape index (κ3) is 1.25. The van der Waals surface area contributed by atoms with Crippen molar-refractivity contribution >= 4 is 5.78 Å². The average molecular weight is 178 g/mol. The largest absolute Gasteiger partial charge is 0.295 e. The third-order valence-corrected chi connectivity index (χ3v) is 4.10. The third-order valence-electron chi connectivity index (χ3n) is 4.10. The Balaban J connectivity index is 2.37. The van der Waals surface area contributed by atoms with Crippen molar-refractivity contribution in [2.45, 2.75) is 40.0 Å². The molecule has 0 aliphatic heterocycles. The molecule has 0 aromatic heterocycles. The standard InChI is InChI=1S/C12H18O/c1-11(2)6-7-12(3)5-4-9(13)8-10(11)12/h4-5,10H,6-8H2,1-3H3. The number of carbonyl (C=O) groups excluding carboxylic acids is 1. The van der Waals surface area contributed by atoms with Gasteiger partial charge in [0, 0.05) is 6.42 Å². The van der Waals surface area contributed by atoms with E-state index in [2.05, 4.69) is 26.8 Å². The first kappa shape index (κ1) is 8.98. The van der Waals surface area contributed by atoms with Crippen LogP contribution < -0.4 is 0 Å². The lowest BCUT2D eigenvalue weighted by Crippen LogP contribution is -2.33. The van der Waals surface area contributed by atoms with E-state index in [4.69, 9.17) is 0 Å². The molecule has 2 rings (SSSR count). The van der Waals surface area contributed by atoms with Gasteiger partial charge in [-0.05, 0) is 35.7 Å². The molecule has 2 atom stereocenters. The van der Waals surface area contributed by atoms with E-state index in [1.165, 1.54) is 12.8 Å². The van der Waals surface area contributed by atoms with E-state index >= 15 is 0 Å². The van der Waals surface area contributed by atoms with Gasteiger partial charge in [-0.2, -0.15) is 0 Å². The Morgan fingerprint density at radius 3 is 2.69 bits per heavy atom. The van der Waals surface area contributed by atoms with Crippen LogP contribution in [0.3, 0.4) is 0 Å². The summed E-state index contributed by atoms with van der Waals surface area (Å²) in [6.07, 6.45) is 7.20. The second-order valence-electron chi connectivity index (χ2n) is 5.55. The second-order valence-corrected chi connectivity index (χ2v) is 5.55. The van der Waals surface area contributed by atoms with E-state index in [1.807, 2.05) is 0 Å². The molecule has 0 aromatic rings. The zero-order valence-corrected chi connectivity index (χ0v) is 8.76. The molecular weight excluding hydrogens is 160 g/mol. The normalized spacial score (nSPS) is 42.1. The summed E-state index contributed by atoms with van der Waals surface area (Å²) in [4.78, 5) is 11.3. The zero-order chi connectivity index (χ0) is 9.69. The van der Waals surface area contributed by atoms with Crippen LogP contribution in [0.25, 0.3) is 0 Å². The Morgan fingerprint density at radius 2 is 2.00 bits per heavy atom. The maximum atomic E-state index is 11.3. The number of rotatable bonds is 0. The van der Waals surface area contributed by atoms with Crippen molar-refractivity contribution < 1.29 is 4.79 Å². The summed E-state index contributed by atoms with van der Waals surface area (Å²) in [6.45, 7) is 6.90. The number of fused-ring (bicyclic) bond motifs is 1. The number of hydrogen-bond donors (Lipinski definition) is 0. The zero-order valence-electron chi connectivity index (χ0n) is 8.76. The minimum absolute atomic E-state index is 0.303. The predicted molar refractivity (Wildman–Crippen MR) is 53.4 cm³/mol. The second kappa shape index (κ2) is 2.46. The van der Waals surface area contributed by atoms with Crippen LogP contribution in [0.2, 0.25) is 0 Å². The topological polar surface area (TPSA) is 17.1 Å². The molecule has 13 heavy (non-hydrogen) atoms. The summed E-state index contributed by atoms with van der Waals surface area (Å²) in [5.41, 5.74) is 0.659. The van der Waals surface area contributed by atoms with Crippen molar-refractivity contribution in [3.8, 4) is 0 Å². The fourth-order valence-electron chi connectivity index (χ4n) is 3.09. The van der Waals surface area contributed by atoms with Crippen molar-refractivity contribution in [3.05, 3.63) is 12.2 Å². The Kier molecular flexibility index (Phi) is 1.70. The molecule has 2 aliphatic rings. The van der Waals surface area contributed by atoms with Gasteiger partial charge in [0.1, 0.15) is 0 Å². The van der Waals surface area contributed by atoms with Gasteiger partial charge in [-0.3, -0.25) is 4.79 Å². The monoisotopic (exact) mass is 178 g/mol. The van der Waals surface area contributed by atoms with Crippen LogP contribution in [0.1, 0.15) is 40.0 Å². The Morgan fingerprint density at radius 1 is 1.31 bits per heavy atom. The van der Waals surface area contributed by atoms with Gasteiger partial charge in [0.25, 0.3) is 0 Å². The Hall–Kier alpha value is -0.590. The highest BCUT2D eigenvalue weighted by molar-refractivity contribution is 5.91. The summed E-state index contributed by atoms with van der Waals surface area (Å²) < 4.78 is 0. The Bertz CT molecular complexity index is 275. The molecule has 2 unspecified atom stereocenters. The van der Waals surface area contributed by atoms with Crippen molar-refractivity contribution in [1.82, 2.24) is 0 Å². The van der Waals surface area contributed by atoms with Crippen molar-refractivity contribution in [2.24, 2.45) is 16.7 Å². The quantitative estimate of drug-likeness (QED) is 0.557. The van der Waals surface area contributed by atoms with E-state index in [0.717, 1.165) is 6.42 Å². The highest BCUT2D eigenvalue weighted by atomic mass is 16.1. The molecule has 1 nitrogen and oxygen atoms in total. The van der Waals surface area contributed by atoms with Crippen LogP contribution in [-0.4, -0.2) is 5.78 Å². The van der Waals surface area contributed by atoms with Gasteiger partial charge in [-0.15, -0.1) is 0 Å². The lowest BCUT2D eigenvalue weighted by molar-refractivity contribution is -0.117. The van der Waals surface area contributed by atoms with Crippen molar-refractivity contribution in [2.75, 3.05) is 0 Å². The van der Waals surface area contributed by atoms with Crippen LogP contribution in [-0.2, 0) is 4.79 Å². The smallest absolute Gasteiger partial charge is 0.155 e. The molecule has 0 N–H and O–H groups in total. The fraction of sp³-hybridized carbons (Fsp3) is 0.750. The maximum Gasteiger partial charge on any atom is 0.155 e.